The molecule has 1 N–H and O–H groups in total. The van der Waals surface area contributed by atoms with Crippen molar-refractivity contribution in [2.75, 3.05) is 18.0 Å². The van der Waals surface area contributed by atoms with Crippen LogP contribution in [0.15, 0.2) is 24.3 Å². The van der Waals surface area contributed by atoms with E-state index < -0.39 is 17.8 Å². The molecule has 2 aromatic rings. The van der Waals surface area contributed by atoms with Gasteiger partial charge in [0, 0.05) is 36.5 Å². The monoisotopic (exact) mass is 434 g/mol. The molecular formula is C22H25F3N4O2. The van der Waals surface area contributed by atoms with Crippen molar-refractivity contribution in [2.24, 2.45) is 5.92 Å². The van der Waals surface area contributed by atoms with Gasteiger partial charge in [0.1, 0.15) is 0 Å². The maximum Gasteiger partial charge on any atom is 0.435 e. The van der Waals surface area contributed by atoms with Gasteiger partial charge in [0.25, 0.3) is 0 Å². The number of benzene rings is 1. The van der Waals surface area contributed by atoms with E-state index in [0.29, 0.717) is 30.6 Å². The third-order valence-corrected chi connectivity index (χ3v) is 5.99. The van der Waals surface area contributed by atoms with Crippen molar-refractivity contribution in [2.45, 2.75) is 51.7 Å². The summed E-state index contributed by atoms with van der Waals surface area (Å²) in [5.74, 6) is -0.855. The summed E-state index contributed by atoms with van der Waals surface area (Å²) in [6, 6.07) is 7.53. The van der Waals surface area contributed by atoms with Crippen LogP contribution in [0.2, 0.25) is 0 Å². The number of alkyl halides is 3. The molecule has 31 heavy (non-hydrogen) atoms. The number of hydrogen-bond acceptors (Lipinski definition) is 3. The van der Waals surface area contributed by atoms with E-state index in [9.17, 15) is 22.8 Å². The van der Waals surface area contributed by atoms with Crippen LogP contribution in [0.25, 0.3) is 0 Å². The van der Waals surface area contributed by atoms with Crippen LogP contribution in [0.3, 0.4) is 0 Å². The first-order chi connectivity index (χ1) is 14.7. The Morgan fingerprint density at radius 2 is 1.90 bits per heavy atom. The van der Waals surface area contributed by atoms with Gasteiger partial charge < -0.3 is 10.2 Å². The predicted octanol–water partition coefficient (Wildman–Crippen LogP) is 3.26. The molecule has 9 heteroatoms. The van der Waals surface area contributed by atoms with Gasteiger partial charge in [-0.05, 0) is 44.7 Å². The molecule has 1 unspecified atom stereocenters. The zero-order valence-corrected chi connectivity index (χ0v) is 17.3. The molecule has 1 atom stereocenters. The minimum Gasteiger partial charge on any atom is -0.354 e. The van der Waals surface area contributed by atoms with E-state index >= 15 is 0 Å². The highest BCUT2D eigenvalue weighted by Crippen LogP contribution is 2.35. The van der Waals surface area contributed by atoms with Gasteiger partial charge in [-0.1, -0.05) is 17.7 Å². The van der Waals surface area contributed by atoms with Crippen LogP contribution in [-0.4, -0.2) is 34.7 Å². The van der Waals surface area contributed by atoms with Gasteiger partial charge in [-0.2, -0.15) is 18.3 Å². The Balaban J connectivity index is 1.36. The number of amides is 2. The Labute approximate surface area is 178 Å². The van der Waals surface area contributed by atoms with Crippen molar-refractivity contribution in [3.8, 4) is 0 Å². The maximum absolute atomic E-state index is 13.3. The summed E-state index contributed by atoms with van der Waals surface area (Å²) in [5.41, 5.74) is 1.95. The van der Waals surface area contributed by atoms with Gasteiger partial charge in [-0.25, -0.2) is 0 Å². The first kappa shape index (κ1) is 21.4. The number of hydrogen-bond donors (Lipinski definition) is 1. The van der Waals surface area contributed by atoms with Crippen LogP contribution in [0.4, 0.5) is 18.9 Å². The number of nitrogens with zero attached hydrogens (tertiary/aromatic N) is 3. The summed E-state index contributed by atoms with van der Waals surface area (Å²) >= 11 is 0. The molecule has 1 aliphatic carbocycles. The van der Waals surface area contributed by atoms with Gasteiger partial charge in [-0.15, -0.1) is 0 Å². The summed E-state index contributed by atoms with van der Waals surface area (Å²) < 4.78 is 41.3. The number of aromatic nitrogens is 2. The number of anilines is 1. The van der Waals surface area contributed by atoms with Gasteiger partial charge >= 0.3 is 6.18 Å². The highest BCUT2D eigenvalue weighted by molar-refractivity contribution is 6.00. The molecule has 2 amide bonds. The fraction of sp³-hybridized carbons (Fsp3) is 0.500. The summed E-state index contributed by atoms with van der Waals surface area (Å²) in [7, 11) is 0. The van der Waals surface area contributed by atoms with E-state index in [0.717, 1.165) is 24.1 Å². The lowest BCUT2D eigenvalue weighted by atomic mass is 9.95. The summed E-state index contributed by atoms with van der Waals surface area (Å²) in [5, 5.41) is 6.58. The van der Waals surface area contributed by atoms with Crippen molar-refractivity contribution in [1.82, 2.24) is 15.1 Å². The quantitative estimate of drug-likeness (QED) is 0.786. The van der Waals surface area contributed by atoms with Gasteiger partial charge in [0.05, 0.1) is 12.5 Å². The molecule has 1 saturated heterocycles. The second kappa shape index (κ2) is 8.36. The first-order valence-electron chi connectivity index (χ1n) is 10.5. The summed E-state index contributed by atoms with van der Waals surface area (Å²) in [4.78, 5) is 26.5. The third-order valence-electron chi connectivity index (χ3n) is 5.99. The van der Waals surface area contributed by atoms with Crippen molar-refractivity contribution in [1.29, 1.82) is 0 Å². The Bertz CT molecular complexity index is 982. The lowest BCUT2D eigenvalue weighted by Gasteiger charge is -2.17. The van der Waals surface area contributed by atoms with Crippen LogP contribution in [0.5, 0.6) is 0 Å². The van der Waals surface area contributed by atoms with Crippen molar-refractivity contribution < 1.29 is 22.8 Å². The van der Waals surface area contributed by atoms with Gasteiger partial charge in [0.2, 0.25) is 11.8 Å². The Hall–Kier alpha value is -2.84. The molecule has 0 bridgehead atoms. The Kier molecular flexibility index (Phi) is 5.77. The second-order valence-electron chi connectivity index (χ2n) is 8.23. The molecule has 2 heterocycles. The van der Waals surface area contributed by atoms with Crippen LogP contribution in [0.1, 0.15) is 41.8 Å². The van der Waals surface area contributed by atoms with Crippen molar-refractivity contribution in [3.05, 3.63) is 46.8 Å². The standard InChI is InChI=1S/C22H25F3N4O2/c1-14-6-8-16(9-7-14)28-13-15(12-19(28)30)21(31)26-10-11-29-18-5-3-2-4-17(18)20(27-29)22(23,24)25/h6-9,15H,2-5,10-13H2,1H3,(H,26,31). The molecule has 1 aliphatic heterocycles. The number of fused-ring (bicyclic) bond motifs is 1. The molecule has 1 fully saturated rings. The average molecular weight is 434 g/mol. The Morgan fingerprint density at radius 3 is 2.61 bits per heavy atom. The van der Waals surface area contributed by atoms with Crippen LogP contribution in [-0.2, 0) is 35.2 Å². The number of halogens is 3. The summed E-state index contributed by atoms with van der Waals surface area (Å²) in [6.45, 7) is 2.59. The molecular weight excluding hydrogens is 409 g/mol. The zero-order chi connectivity index (χ0) is 22.2. The van der Waals surface area contributed by atoms with E-state index in [1.807, 2.05) is 31.2 Å². The van der Waals surface area contributed by atoms with E-state index in [1.165, 1.54) is 4.68 Å². The fourth-order valence-corrected chi connectivity index (χ4v) is 4.37. The lowest BCUT2D eigenvalue weighted by molar-refractivity contribution is -0.142. The SMILES string of the molecule is Cc1ccc(N2CC(C(=O)NCCn3nc(C(F)(F)F)c4c3CCCC4)CC2=O)cc1. The molecule has 1 aromatic carbocycles. The van der Waals surface area contributed by atoms with Crippen LogP contribution < -0.4 is 10.2 Å². The number of nitrogens with one attached hydrogen (secondary N) is 1. The minimum atomic E-state index is -4.47. The molecule has 2 aliphatic rings. The highest BCUT2D eigenvalue weighted by atomic mass is 19.4. The molecule has 0 saturated carbocycles. The van der Waals surface area contributed by atoms with Gasteiger partial charge in [0.15, 0.2) is 5.69 Å². The topological polar surface area (TPSA) is 67.2 Å². The number of aryl methyl sites for hydroxylation is 1. The van der Waals surface area contributed by atoms with E-state index in [-0.39, 0.29) is 31.3 Å². The summed E-state index contributed by atoms with van der Waals surface area (Å²) in [6.07, 6.45) is -1.84. The second-order valence-corrected chi connectivity index (χ2v) is 8.23. The highest BCUT2D eigenvalue weighted by Gasteiger charge is 2.39. The van der Waals surface area contributed by atoms with E-state index in [4.69, 9.17) is 0 Å². The largest absolute Gasteiger partial charge is 0.435 e. The van der Waals surface area contributed by atoms with Crippen molar-refractivity contribution in [3.63, 3.8) is 0 Å². The molecule has 166 valence electrons. The van der Waals surface area contributed by atoms with Crippen LogP contribution in [0, 0.1) is 12.8 Å². The smallest absolute Gasteiger partial charge is 0.354 e. The first-order valence-corrected chi connectivity index (χ1v) is 10.5. The fourth-order valence-electron chi connectivity index (χ4n) is 4.37. The molecule has 1 aromatic heterocycles. The molecule has 0 spiro atoms. The third kappa shape index (κ3) is 4.45. The van der Waals surface area contributed by atoms with E-state index in [1.54, 1.807) is 4.90 Å². The number of carbonyl (C=O) groups excluding carboxylic acids is 2. The maximum atomic E-state index is 13.3. The molecule has 4 rings (SSSR count). The number of carbonyl (C=O) groups is 2. The molecule has 6 nitrogen and oxygen atoms in total. The minimum absolute atomic E-state index is 0.111. The van der Waals surface area contributed by atoms with Crippen molar-refractivity contribution >= 4 is 17.5 Å². The average Bonchev–Trinajstić information content (AvgIpc) is 3.30. The van der Waals surface area contributed by atoms with E-state index in [2.05, 4.69) is 10.4 Å². The normalized spacial score (nSPS) is 18.9. The Morgan fingerprint density at radius 1 is 1.19 bits per heavy atom. The zero-order valence-electron chi connectivity index (χ0n) is 17.3. The van der Waals surface area contributed by atoms with Crippen LogP contribution >= 0.6 is 0 Å². The lowest BCUT2D eigenvalue weighted by Crippen LogP contribution is -2.35. The van der Waals surface area contributed by atoms with Gasteiger partial charge in [-0.3, -0.25) is 14.3 Å². The molecule has 0 radical (unpaired) electrons. The number of rotatable bonds is 5. The predicted molar refractivity (Wildman–Crippen MR) is 109 cm³/mol.